The van der Waals surface area contributed by atoms with Gasteiger partial charge in [0.2, 0.25) is 5.91 Å². The lowest BCUT2D eigenvalue weighted by atomic mass is 10.2. The number of likely N-dealkylation sites (N-methyl/N-ethyl adjacent to an activating group) is 1. The summed E-state index contributed by atoms with van der Waals surface area (Å²) in [6.07, 6.45) is 2.00. The van der Waals surface area contributed by atoms with E-state index in [0.717, 1.165) is 15.8 Å². The van der Waals surface area contributed by atoms with Crippen molar-refractivity contribution >= 4 is 33.2 Å². The fourth-order valence-electron chi connectivity index (χ4n) is 1.54. The number of carbonyl (C=O) groups is 1. The maximum absolute atomic E-state index is 11.6. The minimum absolute atomic E-state index is 0.0813. The quantitative estimate of drug-likeness (QED) is 0.671. The summed E-state index contributed by atoms with van der Waals surface area (Å²) in [5.41, 5.74) is 1.52. The maximum Gasteiger partial charge on any atom is 0.247 e. The average molecular weight is 266 g/mol. The summed E-state index contributed by atoms with van der Waals surface area (Å²) in [5.74, 6) is -0.0813. The fourth-order valence-corrected chi connectivity index (χ4v) is 1.89. The first kappa shape index (κ1) is 9.99. The second-order valence-electron chi connectivity index (χ2n) is 3.27. The summed E-state index contributed by atoms with van der Waals surface area (Å²) in [4.78, 5) is 14.5. The third-order valence-corrected chi connectivity index (χ3v) is 2.87. The lowest BCUT2D eigenvalue weighted by Gasteiger charge is -2.30. The van der Waals surface area contributed by atoms with Crippen molar-refractivity contribution in [3.63, 3.8) is 0 Å². The van der Waals surface area contributed by atoms with E-state index in [2.05, 4.69) is 15.9 Å². The number of benzene rings is 1. The van der Waals surface area contributed by atoms with Gasteiger partial charge >= 0.3 is 0 Å². The lowest BCUT2D eigenvalue weighted by molar-refractivity contribution is -0.117. The Labute approximate surface area is 95.8 Å². The monoisotopic (exact) mass is 265 g/mol. The summed E-state index contributed by atoms with van der Waals surface area (Å²) >= 11 is 3.34. The van der Waals surface area contributed by atoms with Gasteiger partial charge in [-0.25, -0.2) is 0 Å². The second kappa shape index (κ2) is 3.55. The number of nitriles is 1. The zero-order chi connectivity index (χ0) is 11.0. The molecule has 1 heterocycles. The van der Waals surface area contributed by atoms with Crippen LogP contribution >= 0.6 is 15.9 Å². The molecule has 0 saturated heterocycles. The van der Waals surface area contributed by atoms with E-state index in [4.69, 9.17) is 5.26 Å². The van der Waals surface area contributed by atoms with Crippen LogP contribution in [0.1, 0.15) is 0 Å². The Morgan fingerprint density at radius 2 is 2.20 bits per heavy atom. The minimum Gasteiger partial charge on any atom is -0.312 e. The standard InChI is InChI=1S/C10H8BrN3O/c1-13-9-4-7(11)2-3-8(9)14(6-12)5-10(13)15/h2-4H,5H2,1H3. The van der Waals surface area contributed by atoms with Crippen LogP contribution in [-0.4, -0.2) is 19.5 Å². The van der Waals surface area contributed by atoms with Crippen LogP contribution in [-0.2, 0) is 4.79 Å². The molecule has 76 valence electrons. The summed E-state index contributed by atoms with van der Waals surface area (Å²) in [5, 5.41) is 8.90. The molecule has 1 aliphatic rings. The van der Waals surface area contributed by atoms with Gasteiger partial charge in [-0.15, -0.1) is 0 Å². The van der Waals surface area contributed by atoms with Crippen molar-refractivity contribution in [3.05, 3.63) is 22.7 Å². The third-order valence-electron chi connectivity index (χ3n) is 2.38. The molecule has 1 amide bonds. The van der Waals surface area contributed by atoms with Crippen molar-refractivity contribution < 1.29 is 4.79 Å². The molecule has 0 bridgehead atoms. The predicted octanol–water partition coefficient (Wildman–Crippen LogP) is 1.71. The van der Waals surface area contributed by atoms with Gasteiger partial charge in [0.05, 0.1) is 11.4 Å². The van der Waals surface area contributed by atoms with Gasteiger partial charge in [-0.2, -0.15) is 5.26 Å². The van der Waals surface area contributed by atoms with Crippen molar-refractivity contribution in [2.45, 2.75) is 0 Å². The highest BCUT2D eigenvalue weighted by Crippen LogP contribution is 2.34. The Kier molecular flexibility index (Phi) is 2.37. The first-order chi connectivity index (χ1) is 7.13. The second-order valence-corrected chi connectivity index (χ2v) is 4.19. The zero-order valence-corrected chi connectivity index (χ0v) is 9.65. The Hall–Kier alpha value is -1.54. The normalized spacial score (nSPS) is 14.9. The molecule has 1 aromatic rings. The predicted molar refractivity (Wildman–Crippen MR) is 60.5 cm³/mol. The molecule has 1 aromatic carbocycles. The van der Waals surface area contributed by atoms with Crippen molar-refractivity contribution in [2.24, 2.45) is 0 Å². The van der Waals surface area contributed by atoms with Gasteiger partial charge in [0, 0.05) is 11.5 Å². The largest absolute Gasteiger partial charge is 0.312 e. The number of nitrogens with zero attached hydrogens (tertiary/aromatic N) is 3. The molecule has 4 nitrogen and oxygen atoms in total. The summed E-state index contributed by atoms with van der Waals surface area (Å²) < 4.78 is 0.890. The number of anilines is 2. The first-order valence-corrected chi connectivity index (χ1v) is 5.16. The molecule has 15 heavy (non-hydrogen) atoms. The van der Waals surface area contributed by atoms with Gasteiger partial charge in [0.1, 0.15) is 6.54 Å². The molecule has 0 aromatic heterocycles. The SMILES string of the molecule is CN1C(=O)CN(C#N)c2ccc(Br)cc21. The Balaban J connectivity index is 2.59. The Morgan fingerprint density at radius 3 is 2.87 bits per heavy atom. The highest BCUT2D eigenvalue weighted by molar-refractivity contribution is 9.10. The number of fused-ring (bicyclic) bond motifs is 1. The first-order valence-electron chi connectivity index (χ1n) is 4.37. The van der Waals surface area contributed by atoms with E-state index >= 15 is 0 Å². The number of rotatable bonds is 0. The molecule has 0 unspecified atom stereocenters. The molecule has 1 aliphatic heterocycles. The molecule has 0 fully saturated rings. The number of hydrogen-bond acceptors (Lipinski definition) is 3. The Bertz CT molecular complexity index is 466. The van der Waals surface area contributed by atoms with Gasteiger partial charge in [-0.1, -0.05) is 15.9 Å². The highest BCUT2D eigenvalue weighted by atomic mass is 79.9. The molecule has 0 saturated carbocycles. The Morgan fingerprint density at radius 1 is 1.47 bits per heavy atom. The van der Waals surface area contributed by atoms with E-state index in [-0.39, 0.29) is 12.5 Å². The molecule has 0 atom stereocenters. The smallest absolute Gasteiger partial charge is 0.247 e. The molecule has 0 aliphatic carbocycles. The average Bonchev–Trinajstić information content (AvgIpc) is 2.23. The molecular formula is C10H8BrN3O. The van der Waals surface area contributed by atoms with Crippen LogP contribution in [0, 0.1) is 11.5 Å². The number of carbonyl (C=O) groups excluding carboxylic acids is 1. The fraction of sp³-hybridized carbons (Fsp3) is 0.200. The summed E-state index contributed by atoms with van der Waals surface area (Å²) in [6.45, 7) is 0.113. The number of hydrogen-bond donors (Lipinski definition) is 0. The van der Waals surface area contributed by atoms with E-state index in [1.54, 1.807) is 11.9 Å². The van der Waals surface area contributed by atoms with Gasteiger partial charge < -0.3 is 4.90 Å². The van der Waals surface area contributed by atoms with E-state index in [9.17, 15) is 4.79 Å². The molecule has 0 N–H and O–H groups in total. The van der Waals surface area contributed by atoms with Gasteiger partial charge in [-0.3, -0.25) is 9.69 Å². The zero-order valence-electron chi connectivity index (χ0n) is 8.07. The van der Waals surface area contributed by atoms with E-state index in [0.29, 0.717) is 0 Å². The minimum atomic E-state index is -0.0813. The third kappa shape index (κ3) is 1.57. The van der Waals surface area contributed by atoms with E-state index in [1.807, 2.05) is 24.4 Å². The van der Waals surface area contributed by atoms with E-state index < -0.39 is 0 Å². The molecule has 0 radical (unpaired) electrons. The van der Waals surface area contributed by atoms with Crippen LogP contribution in [0.2, 0.25) is 0 Å². The van der Waals surface area contributed by atoms with Crippen molar-refractivity contribution in [1.29, 1.82) is 5.26 Å². The number of amides is 1. The van der Waals surface area contributed by atoms with E-state index in [1.165, 1.54) is 4.90 Å². The maximum atomic E-state index is 11.6. The van der Waals surface area contributed by atoms with Crippen LogP contribution < -0.4 is 9.80 Å². The van der Waals surface area contributed by atoms with Gasteiger partial charge in [-0.05, 0) is 18.2 Å². The summed E-state index contributed by atoms with van der Waals surface area (Å²) in [7, 11) is 1.71. The van der Waals surface area contributed by atoms with Crippen LogP contribution in [0.3, 0.4) is 0 Å². The van der Waals surface area contributed by atoms with Crippen molar-refractivity contribution in [3.8, 4) is 6.19 Å². The van der Waals surface area contributed by atoms with Crippen LogP contribution in [0.25, 0.3) is 0 Å². The van der Waals surface area contributed by atoms with Gasteiger partial charge in [0.25, 0.3) is 0 Å². The molecule has 5 heteroatoms. The topological polar surface area (TPSA) is 47.3 Å². The molecule has 0 spiro atoms. The van der Waals surface area contributed by atoms with Crippen molar-refractivity contribution in [1.82, 2.24) is 0 Å². The lowest BCUT2D eigenvalue weighted by Crippen LogP contribution is -2.41. The van der Waals surface area contributed by atoms with Crippen molar-refractivity contribution in [2.75, 3.05) is 23.4 Å². The van der Waals surface area contributed by atoms with Crippen LogP contribution in [0.5, 0.6) is 0 Å². The van der Waals surface area contributed by atoms with Crippen LogP contribution in [0.4, 0.5) is 11.4 Å². The highest BCUT2D eigenvalue weighted by Gasteiger charge is 2.26. The number of halogens is 1. The molecular weight excluding hydrogens is 258 g/mol. The molecule has 2 rings (SSSR count). The summed E-state index contributed by atoms with van der Waals surface area (Å²) in [6, 6.07) is 5.51. The van der Waals surface area contributed by atoms with Gasteiger partial charge in [0.15, 0.2) is 6.19 Å². The van der Waals surface area contributed by atoms with Crippen LogP contribution in [0.15, 0.2) is 22.7 Å².